The molecule has 0 aromatic carbocycles. The highest BCUT2D eigenvalue weighted by molar-refractivity contribution is 5.84. The van der Waals surface area contributed by atoms with Crippen molar-refractivity contribution in [3.8, 4) is 0 Å². The number of nitrogens with zero attached hydrogens (tertiary/aromatic N) is 2. The van der Waals surface area contributed by atoms with Crippen LogP contribution < -0.4 is 0 Å². The minimum atomic E-state index is 0.154. The molecule has 0 aliphatic rings. The average Bonchev–Trinajstić information content (AvgIpc) is 2.53. The summed E-state index contributed by atoms with van der Waals surface area (Å²) in [7, 11) is 0. The summed E-state index contributed by atoms with van der Waals surface area (Å²) >= 11 is 0. The Labute approximate surface area is 132 Å². The van der Waals surface area contributed by atoms with Crippen molar-refractivity contribution in [2.24, 2.45) is 9.98 Å². The van der Waals surface area contributed by atoms with Crippen LogP contribution in [0, 0.1) is 0 Å². The van der Waals surface area contributed by atoms with Gasteiger partial charge in [0, 0.05) is 23.6 Å². The number of rotatable bonds is 9. The van der Waals surface area contributed by atoms with Crippen LogP contribution in [0.1, 0.15) is 13.8 Å². The van der Waals surface area contributed by atoms with Crippen molar-refractivity contribution < 1.29 is 10.2 Å². The van der Waals surface area contributed by atoms with E-state index in [-0.39, 0.29) is 11.5 Å². The molecule has 0 unspecified atom stereocenters. The maximum atomic E-state index is 9.64. The first-order valence-corrected chi connectivity index (χ1v) is 6.93. The Bertz CT molecular complexity index is 547. The summed E-state index contributed by atoms with van der Waals surface area (Å²) in [5.74, 6) is 0.311. The Morgan fingerprint density at radius 3 is 2.23 bits per heavy atom. The summed E-state index contributed by atoms with van der Waals surface area (Å²) < 4.78 is 0. The number of hydrogen-bond donors (Lipinski definition) is 2. The fourth-order valence-electron chi connectivity index (χ4n) is 1.32. The monoisotopic (exact) mass is 300 g/mol. The second-order valence-corrected chi connectivity index (χ2v) is 4.27. The highest BCUT2D eigenvalue weighted by Crippen LogP contribution is 2.04. The fourth-order valence-corrected chi connectivity index (χ4v) is 1.32. The van der Waals surface area contributed by atoms with Crippen LogP contribution in [0.2, 0.25) is 0 Å². The van der Waals surface area contributed by atoms with Crippen molar-refractivity contribution in [2.75, 3.05) is 13.1 Å². The highest BCUT2D eigenvalue weighted by atomic mass is 16.3. The third-order valence-electron chi connectivity index (χ3n) is 2.53. The van der Waals surface area contributed by atoms with Crippen LogP contribution in [0.5, 0.6) is 0 Å². The normalized spacial score (nSPS) is 14.8. The maximum Gasteiger partial charge on any atom is 0.120 e. The second kappa shape index (κ2) is 12.1. The number of aliphatic imine (C=N–C) groups is 2. The van der Waals surface area contributed by atoms with Gasteiger partial charge in [-0.25, -0.2) is 0 Å². The Morgan fingerprint density at radius 1 is 1.05 bits per heavy atom. The van der Waals surface area contributed by atoms with E-state index in [1.807, 2.05) is 0 Å². The van der Waals surface area contributed by atoms with Crippen molar-refractivity contribution in [1.82, 2.24) is 0 Å². The highest BCUT2D eigenvalue weighted by Gasteiger charge is 1.96. The van der Waals surface area contributed by atoms with Gasteiger partial charge in [-0.3, -0.25) is 9.98 Å². The van der Waals surface area contributed by atoms with E-state index in [1.54, 1.807) is 62.7 Å². The van der Waals surface area contributed by atoms with Crippen molar-refractivity contribution in [2.45, 2.75) is 13.8 Å². The lowest BCUT2D eigenvalue weighted by atomic mass is 10.2. The predicted octanol–water partition coefficient (Wildman–Crippen LogP) is 4.28. The zero-order valence-electron chi connectivity index (χ0n) is 13.2. The molecule has 0 fully saturated rings. The van der Waals surface area contributed by atoms with Gasteiger partial charge in [0.05, 0.1) is 13.1 Å². The minimum Gasteiger partial charge on any atom is -0.508 e. The molecule has 0 saturated carbocycles. The maximum absolute atomic E-state index is 9.64. The van der Waals surface area contributed by atoms with Gasteiger partial charge in [0.25, 0.3) is 0 Å². The van der Waals surface area contributed by atoms with Crippen LogP contribution in [0.15, 0.2) is 82.3 Å². The van der Waals surface area contributed by atoms with E-state index in [9.17, 15) is 10.2 Å². The lowest BCUT2D eigenvalue weighted by molar-refractivity contribution is 0.427. The topological polar surface area (TPSA) is 65.2 Å². The summed E-state index contributed by atoms with van der Waals surface area (Å²) in [6.45, 7) is 11.6. The molecular weight excluding hydrogens is 276 g/mol. The zero-order chi connectivity index (χ0) is 16.8. The molecule has 0 aliphatic heterocycles. The largest absolute Gasteiger partial charge is 0.508 e. The number of allylic oxidation sites excluding steroid dienone is 8. The molecular formula is C18H24N2O2. The summed E-state index contributed by atoms with van der Waals surface area (Å²) in [4.78, 5) is 8.36. The van der Waals surface area contributed by atoms with Crippen molar-refractivity contribution in [3.63, 3.8) is 0 Å². The molecule has 0 aromatic rings. The molecule has 0 heterocycles. The third-order valence-corrected chi connectivity index (χ3v) is 2.53. The van der Waals surface area contributed by atoms with Crippen LogP contribution in [-0.4, -0.2) is 35.7 Å². The number of aliphatic hydroxyl groups excluding tert-OH is 2. The molecule has 0 radical (unpaired) electrons. The van der Waals surface area contributed by atoms with Gasteiger partial charge in [-0.2, -0.15) is 0 Å². The molecule has 0 rings (SSSR count). The lowest BCUT2D eigenvalue weighted by Gasteiger charge is -1.98. The van der Waals surface area contributed by atoms with E-state index in [1.165, 1.54) is 0 Å². The molecule has 0 amide bonds. The molecule has 0 atom stereocenters. The molecule has 0 bridgehead atoms. The molecule has 2 N–H and O–H groups in total. The lowest BCUT2D eigenvalue weighted by Crippen LogP contribution is -1.94. The Balaban J connectivity index is 4.48. The van der Waals surface area contributed by atoms with Crippen molar-refractivity contribution >= 4 is 12.4 Å². The van der Waals surface area contributed by atoms with Crippen LogP contribution >= 0.6 is 0 Å². The van der Waals surface area contributed by atoms with E-state index in [0.717, 1.165) is 0 Å². The van der Waals surface area contributed by atoms with Gasteiger partial charge in [0.15, 0.2) is 0 Å². The van der Waals surface area contributed by atoms with Gasteiger partial charge in [-0.05, 0) is 26.0 Å². The molecule has 0 saturated heterocycles. The van der Waals surface area contributed by atoms with Gasteiger partial charge in [-0.1, -0.05) is 37.5 Å². The molecule has 0 aliphatic carbocycles. The van der Waals surface area contributed by atoms with Gasteiger partial charge < -0.3 is 10.2 Å². The molecule has 118 valence electrons. The van der Waals surface area contributed by atoms with Crippen LogP contribution in [0.4, 0.5) is 0 Å². The second-order valence-electron chi connectivity index (χ2n) is 4.27. The predicted molar refractivity (Wildman–Crippen MR) is 96.0 cm³/mol. The van der Waals surface area contributed by atoms with E-state index < -0.39 is 0 Å². The summed E-state index contributed by atoms with van der Waals surface area (Å²) in [5.41, 5.74) is 1.27. The number of aliphatic hydroxyl groups is 2. The first kappa shape index (κ1) is 19.4. The smallest absolute Gasteiger partial charge is 0.120 e. The van der Waals surface area contributed by atoms with Gasteiger partial charge in [0.1, 0.15) is 11.5 Å². The Hall–Kier alpha value is -2.62. The van der Waals surface area contributed by atoms with Crippen LogP contribution in [0.25, 0.3) is 0 Å². The molecule has 4 nitrogen and oxygen atoms in total. The van der Waals surface area contributed by atoms with Gasteiger partial charge in [0.2, 0.25) is 0 Å². The van der Waals surface area contributed by atoms with E-state index in [4.69, 9.17) is 0 Å². The molecule has 4 heteroatoms. The summed E-state index contributed by atoms with van der Waals surface area (Å²) in [5, 5.41) is 19.3. The van der Waals surface area contributed by atoms with Gasteiger partial charge >= 0.3 is 0 Å². The first-order valence-electron chi connectivity index (χ1n) is 6.93. The quantitative estimate of drug-likeness (QED) is 0.289. The van der Waals surface area contributed by atoms with Gasteiger partial charge in [-0.15, -0.1) is 0 Å². The molecule has 0 aromatic heterocycles. The standard InChI is InChI=1S/C18H24N2O2/c1-5-8-10-18(22)15(4)13-19-11-12-20-14-16(9-6-2)17(21)7-3/h5-10,13-14,21-22H,1-2,11-12H2,3-4H3/b10-8-,16-9-,17-7+,18-15-,19-13+,20-14+. The van der Waals surface area contributed by atoms with Crippen LogP contribution in [-0.2, 0) is 0 Å². The summed E-state index contributed by atoms with van der Waals surface area (Å²) in [6.07, 6.45) is 12.8. The van der Waals surface area contributed by atoms with E-state index >= 15 is 0 Å². The Kier molecular flexibility index (Phi) is 10.7. The third kappa shape index (κ3) is 8.53. The zero-order valence-corrected chi connectivity index (χ0v) is 13.2. The Morgan fingerprint density at radius 2 is 1.68 bits per heavy atom. The fraction of sp³-hybridized carbons (Fsp3) is 0.222. The van der Waals surface area contributed by atoms with E-state index in [0.29, 0.717) is 24.2 Å². The van der Waals surface area contributed by atoms with Crippen molar-refractivity contribution in [3.05, 3.63) is 72.3 Å². The molecule has 22 heavy (non-hydrogen) atoms. The van der Waals surface area contributed by atoms with Crippen molar-refractivity contribution in [1.29, 1.82) is 0 Å². The average molecular weight is 300 g/mol. The first-order chi connectivity index (χ1) is 10.6. The number of hydrogen-bond acceptors (Lipinski definition) is 4. The summed E-state index contributed by atoms with van der Waals surface area (Å²) in [6, 6.07) is 0. The van der Waals surface area contributed by atoms with E-state index in [2.05, 4.69) is 23.1 Å². The molecule has 0 spiro atoms. The van der Waals surface area contributed by atoms with Crippen LogP contribution in [0.3, 0.4) is 0 Å². The minimum absolute atomic E-state index is 0.154. The SMILES string of the molecule is C=C\C=C/C(O)=C(C)/C=N/CC/N=C/C(=C/C=C)C(/O)=C\C.